The van der Waals surface area contributed by atoms with Crippen molar-refractivity contribution in [1.29, 1.82) is 0 Å². The van der Waals surface area contributed by atoms with Crippen molar-refractivity contribution in [1.82, 2.24) is 14.9 Å². The Hall–Kier alpha value is -0.970. The van der Waals surface area contributed by atoms with Crippen LogP contribution in [0.2, 0.25) is 0 Å². The van der Waals surface area contributed by atoms with Crippen molar-refractivity contribution in [3.8, 4) is 0 Å². The van der Waals surface area contributed by atoms with Gasteiger partial charge in [-0.25, -0.2) is 4.98 Å². The van der Waals surface area contributed by atoms with Crippen molar-refractivity contribution in [2.75, 3.05) is 18.8 Å². The summed E-state index contributed by atoms with van der Waals surface area (Å²) in [7, 11) is 0. The van der Waals surface area contributed by atoms with E-state index < -0.39 is 0 Å². The second kappa shape index (κ2) is 5.05. The Balaban J connectivity index is 1.70. The number of imidazole rings is 1. The number of aliphatic imine (C=N–C) groups is 1. The van der Waals surface area contributed by atoms with E-state index in [-0.39, 0.29) is 0 Å². The van der Waals surface area contributed by atoms with Gasteiger partial charge in [-0.05, 0) is 6.42 Å². The zero-order valence-electron chi connectivity index (χ0n) is 8.02. The number of nitrogens with one attached hydrogen (secondary N) is 1. The molecule has 0 aliphatic carbocycles. The molecule has 0 radical (unpaired) electrons. The van der Waals surface area contributed by atoms with Crippen LogP contribution in [-0.4, -0.2) is 33.6 Å². The third-order valence-electron chi connectivity index (χ3n) is 2.00. The number of rotatable bonds is 3. The molecule has 4 nitrogen and oxygen atoms in total. The van der Waals surface area contributed by atoms with E-state index in [0.717, 1.165) is 24.8 Å². The Kier molecular flexibility index (Phi) is 3.45. The van der Waals surface area contributed by atoms with Gasteiger partial charge < -0.3 is 9.88 Å². The minimum absolute atomic E-state index is 0.919. The van der Waals surface area contributed by atoms with Crippen LogP contribution in [0.3, 0.4) is 0 Å². The average Bonchev–Trinajstić information content (AvgIpc) is 2.72. The van der Waals surface area contributed by atoms with E-state index in [0.29, 0.717) is 0 Å². The van der Waals surface area contributed by atoms with Crippen molar-refractivity contribution in [3.63, 3.8) is 0 Å². The summed E-state index contributed by atoms with van der Waals surface area (Å²) in [6.07, 6.45) is 6.80. The minimum Gasteiger partial charge on any atom is -0.363 e. The van der Waals surface area contributed by atoms with Crippen molar-refractivity contribution in [3.05, 3.63) is 18.7 Å². The Bertz CT molecular complexity index is 294. The van der Waals surface area contributed by atoms with E-state index in [1.54, 1.807) is 6.20 Å². The number of amidine groups is 1. The summed E-state index contributed by atoms with van der Waals surface area (Å²) < 4.78 is 2.06. The maximum Gasteiger partial charge on any atom is 0.156 e. The molecular weight excluding hydrogens is 196 g/mol. The molecule has 5 heteroatoms. The van der Waals surface area contributed by atoms with Crippen LogP contribution in [0.1, 0.15) is 6.42 Å². The quantitative estimate of drug-likeness (QED) is 0.808. The second-order valence-corrected chi connectivity index (χ2v) is 4.20. The molecule has 0 saturated carbocycles. The summed E-state index contributed by atoms with van der Waals surface area (Å²) in [6.45, 7) is 2.84. The molecule has 0 saturated heterocycles. The van der Waals surface area contributed by atoms with Gasteiger partial charge in [-0.15, -0.1) is 0 Å². The lowest BCUT2D eigenvalue weighted by molar-refractivity contribution is 0.674. The number of aromatic nitrogens is 2. The highest BCUT2D eigenvalue weighted by Crippen LogP contribution is 2.09. The van der Waals surface area contributed by atoms with Gasteiger partial charge >= 0.3 is 0 Å². The number of nitrogens with zero attached hydrogens (tertiary/aromatic N) is 3. The van der Waals surface area contributed by atoms with E-state index in [4.69, 9.17) is 0 Å². The molecule has 1 aromatic rings. The lowest BCUT2D eigenvalue weighted by Gasteiger charge is -2.13. The fourth-order valence-electron chi connectivity index (χ4n) is 1.28. The molecule has 0 unspecified atom stereocenters. The smallest absolute Gasteiger partial charge is 0.156 e. The van der Waals surface area contributed by atoms with Crippen LogP contribution < -0.4 is 5.32 Å². The predicted octanol–water partition coefficient (Wildman–Crippen LogP) is 0.966. The molecule has 0 aromatic carbocycles. The van der Waals surface area contributed by atoms with Crippen LogP contribution in [0.15, 0.2) is 23.7 Å². The fraction of sp³-hybridized carbons (Fsp3) is 0.556. The van der Waals surface area contributed by atoms with Crippen molar-refractivity contribution < 1.29 is 0 Å². The maximum atomic E-state index is 4.39. The molecule has 0 spiro atoms. The van der Waals surface area contributed by atoms with E-state index in [2.05, 4.69) is 19.9 Å². The molecule has 1 aromatic heterocycles. The zero-order valence-corrected chi connectivity index (χ0v) is 8.83. The molecule has 1 aliphatic rings. The first kappa shape index (κ1) is 9.58. The van der Waals surface area contributed by atoms with E-state index in [9.17, 15) is 0 Å². The third-order valence-corrected chi connectivity index (χ3v) is 3.04. The van der Waals surface area contributed by atoms with Crippen LogP contribution in [-0.2, 0) is 6.54 Å². The van der Waals surface area contributed by atoms with Gasteiger partial charge in [0.25, 0.3) is 0 Å². The second-order valence-electron chi connectivity index (χ2n) is 3.12. The number of thioether (sulfide) groups is 1. The minimum atomic E-state index is 0.919. The Morgan fingerprint density at radius 3 is 3.29 bits per heavy atom. The molecule has 14 heavy (non-hydrogen) atoms. The summed E-state index contributed by atoms with van der Waals surface area (Å²) >= 11 is 1.81. The van der Waals surface area contributed by atoms with Gasteiger partial charge in [0.05, 0.1) is 6.33 Å². The Morgan fingerprint density at radius 1 is 1.57 bits per heavy atom. The lowest BCUT2D eigenvalue weighted by Crippen LogP contribution is -2.26. The predicted molar refractivity (Wildman–Crippen MR) is 59.6 cm³/mol. The first-order valence-corrected chi connectivity index (χ1v) is 5.80. The molecule has 0 fully saturated rings. The topological polar surface area (TPSA) is 42.2 Å². The summed E-state index contributed by atoms with van der Waals surface area (Å²) in [5.74, 6) is 1.19. The van der Waals surface area contributed by atoms with E-state index in [1.807, 2.05) is 24.3 Å². The fourth-order valence-corrected chi connectivity index (χ4v) is 2.13. The normalized spacial score (nSPS) is 16.4. The van der Waals surface area contributed by atoms with Gasteiger partial charge in [-0.3, -0.25) is 4.99 Å². The molecule has 0 atom stereocenters. The summed E-state index contributed by atoms with van der Waals surface area (Å²) in [4.78, 5) is 8.38. The standard InChI is InChI=1S/C9H14N4S/c1-2-11-9(14-7-1)12-4-6-13-5-3-10-8-13/h3,5,8H,1-2,4,6-7H2,(H,11,12). The molecule has 2 heterocycles. The Labute approximate surface area is 87.8 Å². The van der Waals surface area contributed by atoms with Crippen molar-refractivity contribution in [2.45, 2.75) is 13.0 Å². The van der Waals surface area contributed by atoms with Crippen LogP contribution in [0.5, 0.6) is 0 Å². The van der Waals surface area contributed by atoms with Crippen molar-refractivity contribution >= 4 is 16.9 Å². The van der Waals surface area contributed by atoms with Crippen LogP contribution in [0.4, 0.5) is 0 Å². The third kappa shape index (κ3) is 2.77. The summed E-state index contributed by atoms with van der Waals surface area (Å²) in [5.41, 5.74) is 0. The molecule has 76 valence electrons. The van der Waals surface area contributed by atoms with Gasteiger partial charge in [0.2, 0.25) is 0 Å². The van der Waals surface area contributed by atoms with E-state index >= 15 is 0 Å². The summed E-state index contributed by atoms with van der Waals surface area (Å²) in [6, 6.07) is 0. The highest BCUT2D eigenvalue weighted by molar-refractivity contribution is 8.13. The molecule has 1 aliphatic heterocycles. The van der Waals surface area contributed by atoms with Gasteiger partial charge in [0.15, 0.2) is 5.17 Å². The SMILES string of the molecule is c1cn(CCNC2=NCCCS2)cn1. The Morgan fingerprint density at radius 2 is 2.57 bits per heavy atom. The maximum absolute atomic E-state index is 4.39. The van der Waals surface area contributed by atoms with Crippen LogP contribution in [0.25, 0.3) is 0 Å². The van der Waals surface area contributed by atoms with Gasteiger partial charge in [-0.2, -0.15) is 0 Å². The highest BCUT2D eigenvalue weighted by atomic mass is 32.2. The van der Waals surface area contributed by atoms with Gasteiger partial charge in [0, 0.05) is 37.8 Å². The molecule has 2 rings (SSSR count). The molecule has 0 amide bonds. The van der Waals surface area contributed by atoms with Crippen molar-refractivity contribution in [2.24, 2.45) is 4.99 Å². The first-order chi connectivity index (χ1) is 6.95. The number of hydrogen-bond donors (Lipinski definition) is 1. The largest absolute Gasteiger partial charge is 0.363 e. The highest BCUT2D eigenvalue weighted by Gasteiger charge is 2.03. The van der Waals surface area contributed by atoms with Gasteiger partial charge in [-0.1, -0.05) is 11.8 Å². The first-order valence-electron chi connectivity index (χ1n) is 4.82. The average molecular weight is 210 g/mol. The monoisotopic (exact) mass is 210 g/mol. The van der Waals surface area contributed by atoms with E-state index in [1.165, 1.54) is 12.2 Å². The lowest BCUT2D eigenvalue weighted by atomic mass is 10.5. The number of hydrogen-bond acceptors (Lipinski definition) is 4. The van der Waals surface area contributed by atoms with Crippen LogP contribution >= 0.6 is 11.8 Å². The van der Waals surface area contributed by atoms with Crippen LogP contribution in [0, 0.1) is 0 Å². The molecule has 1 N–H and O–H groups in total. The summed E-state index contributed by atoms with van der Waals surface area (Å²) in [5, 5.41) is 4.42. The molecule has 0 bridgehead atoms. The van der Waals surface area contributed by atoms with Gasteiger partial charge in [0.1, 0.15) is 0 Å². The zero-order chi connectivity index (χ0) is 9.64. The molecular formula is C9H14N4S.